The van der Waals surface area contributed by atoms with E-state index in [2.05, 4.69) is 32.0 Å². The molecule has 1 saturated heterocycles. The van der Waals surface area contributed by atoms with Crippen LogP contribution in [0.2, 0.25) is 5.02 Å². The smallest absolute Gasteiger partial charge is 0.228 e. The van der Waals surface area contributed by atoms with Gasteiger partial charge in [-0.3, -0.25) is 4.79 Å². The van der Waals surface area contributed by atoms with Gasteiger partial charge in [0, 0.05) is 31.7 Å². The summed E-state index contributed by atoms with van der Waals surface area (Å²) in [5.74, 6) is 0.571. The van der Waals surface area contributed by atoms with Crippen molar-refractivity contribution in [2.75, 3.05) is 33.2 Å². The summed E-state index contributed by atoms with van der Waals surface area (Å²) in [6, 6.07) is 8.08. The zero-order valence-corrected chi connectivity index (χ0v) is 16.8. The zero-order valence-electron chi connectivity index (χ0n) is 16.0. The van der Waals surface area contributed by atoms with E-state index in [1.54, 1.807) is 6.92 Å². The van der Waals surface area contributed by atoms with E-state index in [-0.39, 0.29) is 12.3 Å². The molecule has 0 saturated carbocycles. The van der Waals surface area contributed by atoms with Crippen molar-refractivity contribution in [3.8, 4) is 0 Å². The lowest BCUT2D eigenvalue weighted by Crippen LogP contribution is -2.42. The molecule has 1 atom stereocenters. The molecule has 2 heterocycles. The number of carbonyl (C=O) groups is 1. The van der Waals surface area contributed by atoms with Gasteiger partial charge in [0.25, 0.3) is 0 Å². The van der Waals surface area contributed by atoms with Gasteiger partial charge in [-0.1, -0.05) is 34.0 Å². The number of aromatic nitrogens is 2. The number of halogens is 1. The fraction of sp³-hybridized carbons (Fsp3) is 0.550. The Kier molecular flexibility index (Phi) is 6.85. The van der Waals surface area contributed by atoms with Crippen molar-refractivity contribution >= 4 is 17.5 Å². The molecule has 1 unspecified atom stereocenters. The van der Waals surface area contributed by atoms with Crippen LogP contribution in [0.1, 0.15) is 29.8 Å². The minimum atomic E-state index is 0.0621. The molecular weight excluding hydrogens is 364 g/mol. The molecule has 1 aliphatic rings. The van der Waals surface area contributed by atoms with Gasteiger partial charge in [0.2, 0.25) is 5.91 Å². The molecule has 0 N–H and O–H groups in total. The first kappa shape index (κ1) is 19.8. The lowest BCUT2D eigenvalue weighted by Gasteiger charge is -2.34. The van der Waals surface area contributed by atoms with E-state index in [1.165, 1.54) is 18.4 Å². The van der Waals surface area contributed by atoms with Crippen LogP contribution in [0.25, 0.3) is 0 Å². The van der Waals surface area contributed by atoms with Crippen LogP contribution in [0.3, 0.4) is 0 Å². The normalized spacial score (nSPS) is 17.8. The van der Waals surface area contributed by atoms with Gasteiger partial charge >= 0.3 is 0 Å². The van der Waals surface area contributed by atoms with Crippen molar-refractivity contribution in [1.82, 2.24) is 20.1 Å². The van der Waals surface area contributed by atoms with Crippen molar-refractivity contribution < 1.29 is 9.42 Å². The van der Waals surface area contributed by atoms with Gasteiger partial charge in [-0.2, -0.15) is 0 Å². The molecule has 6 nitrogen and oxygen atoms in total. The summed E-state index contributed by atoms with van der Waals surface area (Å²) in [7, 11) is 1.87. The van der Waals surface area contributed by atoms with E-state index >= 15 is 0 Å². The highest BCUT2D eigenvalue weighted by Crippen LogP contribution is 2.19. The van der Waals surface area contributed by atoms with Crippen molar-refractivity contribution in [2.24, 2.45) is 5.92 Å². The molecule has 2 aromatic rings. The Balaban J connectivity index is 1.45. The van der Waals surface area contributed by atoms with E-state index in [4.69, 9.17) is 11.6 Å². The second kappa shape index (κ2) is 9.33. The van der Waals surface area contributed by atoms with Crippen molar-refractivity contribution in [3.05, 3.63) is 46.2 Å². The van der Waals surface area contributed by atoms with Crippen molar-refractivity contribution in [1.29, 1.82) is 0 Å². The number of aryl methyl sites for hydroxylation is 1. The summed E-state index contributed by atoms with van der Waals surface area (Å²) in [6.07, 6.45) is 3.62. The molecule has 27 heavy (non-hydrogen) atoms. The third-order valence-electron chi connectivity index (χ3n) is 5.26. The molecule has 1 aliphatic heterocycles. The molecule has 1 aromatic heterocycles. The van der Waals surface area contributed by atoms with Crippen LogP contribution < -0.4 is 0 Å². The van der Waals surface area contributed by atoms with Gasteiger partial charge in [-0.05, 0) is 56.3 Å². The predicted molar refractivity (Wildman–Crippen MR) is 105 cm³/mol. The Morgan fingerprint density at radius 1 is 1.33 bits per heavy atom. The first-order valence-electron chi connectivity index (χ1n) is 9.50. The average Bonchev–Trinajstić information content (AvgIpc) is 3.06. The molecular formula is C20H27ClN4O2. The van der Waals surface area contributed by atoms with E-state index in [0.29, 0.717) is 17.3 Å². The van der Waals surface area contributed by atoms with Gasteiger partial charge < -0.3 is 9.80 Å². The number of likely N-dealkylation sites (N-methyl/N-ethyl adjacent to an activating group) is 1. The maximum atomic E-state index is 12.4. The minimum absolute atomic E-state index is 0.0621. The number of amides is 1. The standard InChI is InChI=1S/C20H27ClN4O2/c1-15-19(23-27-22-15)12-20(26)24(2)13-17-4-3-10-25(14-17)11-9-16-5-7-18(21)8-6-16/h5-8,17H,3-4,9-14H2,1-2H3. The first-order chi connectivity index (χ1) is 13.0. The summed E-state index contributed by atoms with van der Waals surface area (Å²) in [5.41, 5.74) is 2.62. The van der Waals surface area contributed by atoms with Crippen molar-refractivity contribution in [2.45, 2.75) is 32.6 Å². The number of carbonyl (C=O) groups excluding carboxylic acids is 1. The minimum Gasteiger partial charge on any atom is -0.345 e. The van der Waals surface area contributed by atoms with Crippen LogP contribution in [-0.2, 0) is 17.6 Å². The lowest BCUT2D eigenvalue weighted by atomic mass is 9.97. The Labute approximate surface area is 165 Å². The highest BCUT2D eigenvalue weighted by molar-refractivity contribution is 6.30. The fourth-order valence-corrected chi connectivity index (χ4v) is 3.74. The molecule has 146 valence electrons. The Morgan fingerprint density at radius 2 is 2.11 bits per heavy atom. The summed E-state index contributed by atoms with van der Waals surface area (Å²) in [5, 5.41) is 8.32. The van der Waals surface area contributed by atoms with E-state index in [9.17, 15) is 4.79 Å². The molecule has 7 heteroatoms. The Morgan fingerprint density at radius 3 is 2.81 bits per heavy atom. The highest BCUT2D eigenvalue weighted by atomic mass is 35.5. The van der Waals surface area contributed by atoms with E-state index < -0.39 is 0 Å². The van der Waals surface area contributed by atoms with Crippen LogP contribution in [-0.4, -0.2) is 59.2 Å². The SMILES string of the molecule is Cc1nonc1CC(=O)N(C)CC1CCCN(CCc2ccc(Cl)cc2)C1. The van der Waals surface area contributed by atoms with Gasteiger partial charge in [0.05, 0.1) is 6.42 Å². The van der Waals surface area contributed by atoms with Crippen LogP contribution in [0.5, 0.6) is 0 Å². The van der Waals surface area contributed by atoms with Gasteiger partial charge in [-0.25, -0.2) is 4.63 Å². The highest BCUT2D eigenvalue weighted by Gasteiger charge is 2.23. The third-order valence-corrected chi connectivity index (χ3v) is 5.51. The van der Waals surface area contributed by atoms with Gasteiger partial charge in [0.15, 0.2) is 0 Å². The maximum Gasteiger partial charge on any atom is 0.228 e. The van der Waals surface area contributed by atoms with Crippen molar-refractivity contribution in [3.63, 3.8) is 0 Å². The molecule has 1 aromatic carbocycles. The molecule has 0 aliphatic carbocycles. The number of nitrogens with zero attached hydrogens (tertiary/aromatic N) is 4. The molecule has 1 amide bonds. The van der Waals surface area contributed by atoms with Gasteiger partial charge in [-0.15, -0.1) is 0 Å². The van der Waals surface area contributed by atoms with Crippen LogP contribution in [0.4, 0.5) is 0 Å². The Hall–Kier alpha value is -1.92. The molecule has 1 fully saturated rings. The monoisotopic (exact) mass is 390 g/mol. The van der Waals surface area contributed by atoms with E-state index in [1.807, 2.05) is 24.1 Å². The quantitative estimate of drug-likeness (QED) is 0.727. The average molecular weight is 391 g/mol. The lowest BCUT2D eigenvalue weighted by molar-refractivity contribution is -0.130. The summed E-state index contributed by atoms with van der Waals surface area (Å²) < 4.78 is 4.68. The molecule has 0 bridgehead atoms. The first-order valence-corrected chi connectivity index (χ1v) is 9.88. The molecule has 0 spiro atoms. The predicted octanol–water partition coefficient (Wildman–Crippen LogP) is 2.99. The number of likely N-dealkylation sites (tertiary alicyclic amines) is 1. The number of benzene rings is 1. The third kappa shape index (κ3) is 5.78. The van der Waals surface area contributed by atoms with Gasteiger partial charge in [0.1, 0.15) is 11.4 Å². The summed E-state index contributed by atoms with van der Waals surface area (Å²) in [4.78, 5) is 16.8. The number of hydrogen-bond acceptors (Lipinski definition) is 5. The summed E-state index contributed by atoms with van der Waals surface area (Å²) in [6.45, 7) is 5.79. The number of hydrogen-bond donors (Lipinski definition) is 0. The number of piperidine rings is 1. The second-order valence-corrected chi connectivity index (χ2v) is 7.87. The van der Waals surface area contributed by atoms with E-state index in [0.717, 1.165) is 37.6 Å². The van der Waals surface area contributed by atoms with Crippen LogP contribution in [0, 0.1) is 12.8 Å². The van der Waals surface area contributed by atoms with Crippen LogP contribution >= 0.6 is 11.6 Å². The van der Waals surface area contributed by atoms with Crippen LogP contribution in [0.15, 0.2) is 28.9 Å². The Bertz CT molecular complexity index is 747. The molecule has 3 rings (SSSR count). The second-order valence-electron chi connectivity index (χ2n) is 7.43. The topological polar surface area (TPSA) is 62.5 Å². The largest absolute Gasteiger partial charge is 0.345 e. The number of rotatable bonds is 7. The zero-order chi connectivity index (χ0) is 19.2. The maximum absolute atomic E-state index is 12.4. The fourth-order valence-electron chi connectivity index (χ4n) is 3.62. The molecule has 0 radical (unpaired) electrons. The summed E-state index contributed by atoms with van der Waals surface area (Å²) >= 11 is 5.95.